The molecule has 0 bridgehead atoms. The monoisotopic (exact) mass is 145 g/mol. The first-order valence-electron chi connectivity index (χ1n) is 3.26. The Morgan fingerprint density at radius 1 is 1.50 bits per heavy atom. The highest BCUT2D eigenvalue weighted by atomic mass is 16.5. The van der Waals surface area contributed by atoms with Gasteiger partial charge >= 0.3 is 0 Å². The summed E-state index contributed by atoms with van der Waals surface area (Å²) in [6.45, 7) is 5.09. The molecule has 0 fully saturated rings. The summed E-state index contributed by atoms with van der Waals surface area (Å²) < 4.78 is 5.06. The van der Waals surface area contributed by atoms with Gasteiger partial charge in [-0.2, -0.15) is 0 Å². The van der Waals surface area contributed by atoms with Gasteiger partial charge in [0.15, 0.2) is 5.96 Å². The smallest absolute Gasteiger partial charge is 0.188 e. The van der Waals surface area contributed by atoms with Crippen molar-refractivity contribution in [1.29, 1.82) is 0 Å². The molecule has 0 aliphatic rings. The van der Waals surface area contributed by atoms with Crippen LogP contribution in [0, 0.1) is 5.92 Å². The summed E-state index contributed by atoms with van der Waals surface area (Å²) in [6, 6.07) is 0. The molecule has 0 saturated heterocycles. The number of rotatable bonds is 4. The fourth-order valence-electron chi connectivity index (χ4n) is 0.409. The molecule has 0 amide bonds. The second-order valence-corrected chi connectivity index (χ2v) is 2.48. The summed E-state index contributed by atoms with van der Waals surface area (Å²) in [5, 5.41) is 0. The molecule has 4 heteroatoms. The lowest BCUT2D eigenvalue weighted by molar-refractivity contribution is 0.117. The summed E-state index contributed by atoms with van der Waals surface area (Å²) in [5.74, 6) is 0.595. The Kier molecular flexibility index (Phi) is 4.66. The van der Waals surface area contributed by atoms with Gasteiger partial charge in [-0.3, -0.25) is 0 Å². The molecule has 0 aliphatic heterocycles. The zero-order valence-electron chi connectivity index (χ0n) is 6.50. The number of guanidine groups is 1. The van der Waals surface area contributed by atoms with Crippen molar-refractivity contribution in [3.8, 4) is 0 Å². The highest BCUT2D eigenvalue weighted by Gasteiger charge is 1.90. The second kappa shape index (κ2) is 5.05. The van der Waals surface area contributed by atoms with Gasteiger partial charge in [0.05, 0.1) is 6.61 Å². The van der Waals surface area contributed by atoms with Crippen LogP contribution in [-0.2, 0) is 4.74 Å². The number of nitrogens with two attached hydrogens (primary N) is 2. The molecule has 0 aliphatic carbocycles. The van der Waals surface area contributed by atoms with Gasteiger partial charge in [-0.05, 0) is 5.92 Å². The number of hydrogen-bond donors (Lipinski definition) is 2. The third-order valence-electron chi connectivity index (χ3n) is 0.790. The molecule has 0 aromatic rings. The zero-order valence-corrected chi connectivity index (χ0v) is 6.50. The highest BCUT2D eigenvalue weighted by molar-refractivity contribution is 5.75. The first kappa shape index (κ1) is 9.23. The molecule has 0 unspecified atom stereocenters. The van der Waals surface area contributed by atoms with Gasteiger partial charge in [-0.1, -0.05) is 13.8 Å². The number of hydrogen-bond acceptors (Lipinski definition) is 2. The normalized spacial score (nSPS) is 9.90. The quantitative estimate of drug-likeness (QED) is 0.329. The summed E-state index contributed by atoms with van der Waals surface area (Å²) >= 11 is 0. The average molecular weight is 145 g/mol. The van der Waals surface area contributed by atoms with Crippen molar-refractivity contribution in [3.63, 3.8) is 0 Å². The number of aliphatic imine (C=N–C) groups is 1. The second-order valence-electron chi connectivity index (χ2n) is 2.48. The van der Waals surface area contributed by atoms with Crippen molar-refractivity contribution in [3.05, 3.63) is 0 Å². The summed E-state index contributed by atoms with van der Waals surface area (Å²) in [4.78, 5) is 3.65. The molecule has 4 nitrogen and oxygen atoms in total. The van der Waals surface area contributed by atoms with E-state index in [4.69, 9.17) is 16.2 Å². The Morgan fingerprint density at radius 3 is 2.50 bits per heavy atom. The van der Waals surface area contributed by atoms with Gasteiger partial charge in [0.2, 0.25) is 0 Å². The average Bonchev–Trinajstić information content (AvgIpc) is 1.79. The fourth-order valence-corrected chi connectivity index (χ4v) is 0.409. The minimum absolute atomic E-state index is 0.0729. The van der Waals surface area contributed by atoms with Crippen LogP contribution in [0.15, 0.2) is 4.99 Å². The van der Waals surface area contributed by atoms with Crippen molar-refractivity contribution in [2.45, 2.75) is 13.8 Å². The van der Waals surface area contributed by atoms with Crippen molar-refractivity contribution in [2.75, 3.05) is 13.3 Å². The van der Waals surface area contributed by atoms with E-state index in [1.54, 1.807) is 0 Å². The van der Waals surface area contributed by atoms with E-state index in [1.807, 2.05) is 0 Å². The molecule has 0 saturated carbocycles. The van der Waals surface area contributed by atoms with E-state index in [0.717, 1.165) is 0 Å². The molecular formula is C6H15N3O. The van der Waals surface area contributed by atoms with Crippen molar-refractivity contribution in [1.82, 2.24) is 0 Å². The minimum atomic E-state index is 0.0729. The summed E-state index contributed by atoms with van der Waals surface area (Å²) in [5.41, 5.74) is 10.1. The molecule has 4 N–H and O–H groups in total. The van der Waals surface area contributed by atoms with Gasteiger partial charge in [0.1, 0.15) is 6.73 Å². The lowest BCUT2D eigenvalue weighted by Crippen LogP contribution is -2.23. The SMILES string of the molecule is CC(C)COCN=C(N)N. The lowest BCUT2D eigenvalue weighted by Gasteiger charge is -2.02. The maximum absolute atomic E-state index is 5.06. The van der Waals surface area contributed by atoms with E-state index < -0.39 is 0 Å². The molecule has 0 spiro atoms. The predicted octanol–water partition coefficient (Wildman–Crippen LogP) is -0.110. The van der Waals surface area contributed by atoms with Gasteiger partial charge in [-0.25, -0.2) is 4.99 Å². The first-order chi connectivity index (χ1) is 4.63. The molecule has 60 valence electrons. The number of ether oxygens (including phenoxy) is 1. The highest BCUT2D eigenvalue weighted by Crippen LogP contribution is 1.91. The van der Waals surface area contributed by atoms with Crippen LogP contribution in [0.4, 0.5) is 0 Å². The predicted molar refractivity (Wildman–Crippen MR) is 41.5 cm³/mol. The number of nitrogens with zero attached hydrogens (tertiary/aromatic N) is 1. The molecule has 0 atom stereocenters. The van der Waals surface area contributed by atoms with Crippen LogP contribution in [0.25, 0.3) is 0 Å². The molecule has 0 aromatic heterocycles. The third-order valence-corrected chi connectivity index (χ3v) is 0.790. The minimum Gasteiger partial charge on any atom is -0.370 e. The van der Waals surface area contributed by atoms with E-state index in [1.165, 1.54) is 0 Å². The fraction of sp³-hybridized carbons (Fsp3) is 0.833. The first-order valence-corrected chi connectivity index (χ1v) is 3.26. The van der Waals surface area contributed by atoms with Crippen LogP contribution in [-0.4, -0.2) is 19.3 Å². The van der Waals surface area contributed by atoms with Gasteiger partial charge in [-0.15, -0.1) is 0 Å². The molecule has 0 rings (SSSR count). The van der Waals surface area contributed by atoms with E-state index in [2.05, 4.69) is 18.8 Å². The molecule has 0 aromatic carbocycles. The standard InChI is InChI=1S/C6H15N3O/c1-5(2)3-10-4-9-6(7)8/h5H,3-4H2,1-2H3,(H4,7,8,9). The van der Waals surface area contributed by atoms with E-state index in [0.29, 0.717) is 12.5 Å². The van der Waals surface area contributed by atoms with Crippen LogP contribution < -0.4 is 11.5 Å². The van der Waals surface area contributed by atoms with Crippen LogP contribution in [0.2, 0.25) is 0 Å². The maximum Gasteiger partial charge on any atom is 0.188 e. The largest absolute Gasteiger partial charge is 0.370 e. The van der Waals surface area contributed by atoms with Crippen LogP contribution in [0.1, 0.15) is 13.8 Å². The lowest BCUT2D eigenvalue weighted by atomic mass is 10.2. The van der Waals surface area contributed by atoms with Crippen molar-refractivity contribution >= 4 is 5.96 Å². The summed E-state index contributed by atoms with van der Waals surface area (Å²) in [6.07, 6.45) is 0. The molecule has 0 heterocycles. The molecule has 10 heavy (non-hydrogen) atoms. The maximum atomic E-state index is 5.06. The van der Waals surface area contributed by atoms with Crippen LogP contribution in [0.5, 0.6) is 0 Å². The Labute approximate surface area is 61.3 Å². The summed E-state index contributed by atoms with van der Waals surface area (Å²) in [7, 11) is 0. The Morgan fingerprint density at radius 2 is 2.10 bits per heavy atom. The van der Waals surface area contributed by atoms with Crippen molar-refractivity contribution < 1.29 is 4.74 Å². The molecule has 0 radical (unpaired) electrons. The topological polar surface area (TPSA) is 73.6 Å². The third kappa shape index (κ3) is 7.23. The molecular weight excluding hydrogens is 130 g/mol. The van der Waals surface area contributed by atoms with Crippen LogP contribution in [0.3, 0.4) is 0 Å². The van der Waals surface area contributed by atoms with E-state index in [-0.39, 0.29) is 12.7 Å². The Hall–Kier alpha value is -0.770. The zero-order chi connectivity index (χ0) is 7.98. The van der Waals surface area contributed by atoms with Crippen LogP contribution >= 0.6 is 0 Å². The Balaban J connectivity index is 3.13. The Bertz CT molecular complexity index is 108. The van der Waals surface area contributed by atoms with Crippen molar-refractivity contribution in [2.24, 2.45) is 22.4 Å². The van der Waals surface area contributed by atoms with Gasteiger partial charge in [0.25, 0.3) is 0 Å². The van der Waals surface area contributed by atoms with Gasteiger partial charge in [0, 0.05) is 0 Å². The van der Waals surface area contributed by atoms with E-state index >= 15 is 0 Å². The van der Waals surface area contributed by atoms with E-state index in [9.17, 15) is 0 Å². The van der Waals surface area contributed by atoms with Gasteiger partial charge < -0.3 is 16.2 Å².